The van der Waals surface area contributed by atoms with Gasteiger partial charge in [0.1, 0.15) is 0 Å². The van der Waals surface area contributed by atoms with E-state index in [-0.39, 0.29) is 0 Å². The molecule has 4 aromatic carbocycles. The van der Waals surface area contributed by atoms with E-state index in [1.165, 1.54) is 43.6 Å². The molecule has 0 aliphatic heterocycles. The third-order valence-electron chi connectivity index (χ3n) is 5.00. The normalized spacial score (nSPS) is 11.0. The highest BCUT2D eigenvalue weighted by Crippen LogP contribution is 2.16. The molecule has 0 radical (unpaired) electrons. The van der Waals surface area contributed by atoms with Crippen LogP contribution in [-0.4, -0.2) is 17.5 Å². The summed E-state index contributed by atoms with van der Waals surface area (Å²) in [5.74, 6) is 0. The maximum absolute atomic E-state index is 8.52. The van der Waals surface area contributed by atoms with Gasteiger partial charge in [-0.1, -0.05) is 48.5 Å². The van der Waals surface area contributed by atoms with Crippen LogP contribution in [0.1, 0.15) is 0 Å². The van der Waals surface area contributed by atoms with Gasteiger partial charge in [0, 0.05) is 56.2 Å². The van der Waals surface area contributed by atoms with Crippen molar-refractivity contribution in [1.29, 1.82) is 0 Å². The van der Waals surface area contributed by atoms with Crippen molar-refractivity contribution >= 4 is 54.0 Å². The van der Waals surface area contributed by atoms with E-state index < -0.39 is 10.4 Å². The SMILES string of the molecule is O=S(=O)([O-])[O-].c1ccc2[nH+]c3ccccc3cc2c1.c1ccc2[nH+]c3ccccc3cc2c1. The summed E-state index contributed by atoms with van der Waals surface area (Å²) in [6.45, 7) is 0. The fourth-order valence-electron chi connectivity index (χ4n) is 3.57. The molecule has 0 atom stereocenters. The minimum atomic E-state index is -5.17. The van der Waals surface area contributed by atoms with E-state index in [2.05, 4.69) is 94.9 Å². The molecule has 0 spiro atoms. The fraction of sp³-hybridized carbons (Fsp3) is 0. The Morgan fingerprint density at radius 1 is 0.455 bits per heavy atom. The van der Waals surface area contributed by atoms with Gasteiger partial charge in [0.25, 0.3) is 0 Å². The van der Waals surface area contributed by atoms with Gasteiger partial charge in [-0.25, -0.2) is 9.97 Å². The van der Waals surface area contributed by atoms with Gasteiger partial charge in [0.2, 0.25) is 22.1 Å². The third-order valence-corrected chi connectivity index (χ3v) is 5.00. The summed E-state index contributed by atoms with van der Waals surface area (Å²) >= 11 is 0. The molecule has 0 saturated heterocycles. The summed E-state index contributed by atoms with van der Waals surface area (Å²) in [7, 11) is -5.17. The molecule has 7 heteroatoms. The van der Waals surface area contributed by atoms with Crippen LogP contribution in [0, 0.1) is 0 Å². The molecule has 6 aromatic rings. The van der Waals surface area contributed by atoms with Crippen LogP contribution in [0.5, 0.6) is 0 Å². The second kappa shape index (κ2) is 9.70. The number of nitrogens with one attached hydrogen (secondary N) is 2. The summed E-state index contributed by atoms with van der Waals surface area (Å²) < 4.78 is 34.1. The Morgan fingerprint density at radius 3 is 0.909 bits per heavy atom. The zero-order valence-electron chi connectivity index (χ0n) is 17.4. The highest BCUT2D eigenvalue weighted by Gasteiger charge is 2.04. The lowest BCUT2D eigenvalue weighted by Gasteiger charge is -2.06. The van der Waals surface area contributed by atoms with Gasteiger partial charge in [0.15, 0.2) is 0 Å². The van der Waals surface area contributed by atoms with Crippen LogP contribution in [0.4, 0.5) is 0 Å². The zero-order valence-corrected chi connectivity index (χ0v) is 18.3. The van der Waals surface area contributed by atoms with Crippen molar-refractivity contribution in [3.8, 4) is 0 Å². The first-order valence-electron chi connectivity index (χ1n) is 10.1. The average molecular weight is 457 g/mol. The molecule has 164 valence electrons. The number of para-hydroxylation sites is 4. The van der Waals surface area contributed by atoms with Gasteiger partial charge in [-0.15, -0.1) is 0 Å². The number of hydrogen-bond acceptors (Lipinski definition) is 4. The highest BCUT2D eigenvalue weighted by atomic mass is 32.3. The number of H-pyrrole nitrogens is 2. The lowest BCUT2D eigenvalue weighted by molar-refractivity contribution is -0.310. The summed E-state index contributed by atoms with van der Waals surface area (Å²) in [5.41, 5.74) is 4.75. The number of aromatic nitrogens is 2. The summed E-state index contributed by atoms with van der Waals surface area (Å²) in [6.07, 6.45) is 0. The molecular formula is C26H20N2O4S. The highest BCUT2D eigenvalue weighted by molar-refractivity contribution is 7.79. The molecular weight excluding hydrogens is 436 g/mol. The van der Waals surface area contributed by atoms with Gasteiger partial charge in [-0.05, 0) is 36.4 Å². The maximum Gasteiger partial charge on any atom is 0.211 e. The number of hydrogen-bond donors (Lipinski definition) is 0. The molecule has 2 heterocycles. The van der Waals surface area contributed by atoms with Crippen molar-refractivity contribution in [2.75, 3.05) is 0 Å². The Labute approximate surface area is 190 Å². The van der Waals surface area contributed by atoms with Gasteiger partial charge in [-0.2, -0.15) is 0 Å². The molecule has 2 aromatic heterocycles. The first-order chi connectivity index (χ1) is 15.9. The number of fused-ring (bicyclic) bond motifs is 4. The number of aromatic amines is 2. The van der Waals surface area contributed by atoms with Crippen molar-refractivity contribution < 1.29 is 27.5 Å². The lowest BCUT2D eigenvalue weighted by Crippen LogP contribution is -2.04. The second-order valence-corrected chi connectivity index (χ2v) is 8.11. The summed E-state index contributed by atoms with van der Waals surface area (Å²) in [4.78, 5) is 6.82. The van der Waals surface area contributed by atoms with Crippen LogP contribution < -0.4 is 9.97 Å². The van der Waals surface area contributed by atoms with E-state index in [0.29, 0.717) is 0 Å². The average Bonchev–Trinajstić information content (AvgIpc) is 2.81. The lowest BCUT2D eigenvalue weighted by atomic mass is 10.1. The van der Waals surface area contributed by atoms with Crippen molar-refractivity contribution in [3.63, 3.8) is 0 Å². The van der Waals surface area contributed by atoms with E-state index in [0.717, 1.165) is 0 Å². The molecule has 6 rings (SSSR count). The van der Waals surface area contributed by atoms with E-state index >= 15 is 0 Å². The maximum atomic E-state index is 8.52. The van der Waals surface area contributed by atoms with Crippen LogP contribution in [0.2, 0.25) is 0 Å². The number of pyridine rings is 2. The molecule has 0 fully saturated rings. The van der Waals surface area contributed by atoms with E-state index in [9.17, 15) is 0 Å². The summed E-state index contributed by atoms with van der Waals surface area (Å²) in [6, 6.07) is 37.7. The van der Waals surface area contributed by atoms with Crippen molar-refractivity contribution in [3.05, 3.63) is 109 Å². The second-order valence-electron chi connectivity index (χ2n) is 7.30. The molecule has 0 unspecified atom stereocenters. The standard InChI is InChI=1S/2C13H9N.H2O4S/c2*1-3-7-12-10(5-1)9-11-6-2-4-8-13(11)14-12;1-5(2,3)4/h2*1-9H;(H2,1,2,3,4). The molecule has 6 nitrogen and oxygen atoms in total. The van der Waals surface area contributed by atoms with Gasteiger partial charge < -0.3 is 9.11 Å². The molecule has 0 saturated carbocycles. The van der Waals surface area contributed by atoms with E-state index in [1.807, 2.05) is 24.3 Å². The van der Waals surface area contributed by atoms with Gasteiger partial charge >= 0.3 is 0 Å². The predicted octanol–water partition coefficient (Wildman–Crippen LogP) is 4.28. The van der Waals surface area contributed by atoms with Crippen LogP contribution in [-0.2, 0) is 10.4 Å². The number of benzene rings is 4. The molecule has 0 aliphatic carbocycles. The predicted molar refractivity (Wildman–Crippen MR) is 126 cm³/mol. The van der Waals surface area contributed by atoms with Crippen molar-refractivity contribution in [2.24, 2.45) is 0 Å². The van der Waals surface area contributed by atoms with E-state index in [4.69, 9.17) is 17.5 Å². The Balaban J connectivity index is 0.000000132. The minimum absolute atomic E-state index is 1.19. The Bertz CT molecular complexity index is 1340. The molecule has 0 bridgehead atoms. The first kappa shape index (κ1) is 22.3. The van der Waals surface area contributed by atoms with Gasteiger partial charge in [-0.3, -0.25) is 8.42 Å². The molecule has 0 amide bonds. The van der Waals surface area contributed by atoms with Crippen LogP contribution >= 0.6 is 0 Å². The Kier molecular flexibility index (Phi) is 6.55. The van der Waals surface area contributed by atoms with Gasteiger partial charge in [0.05, 0.1) is 0 Å². The zero-order chi connectivity index (χ0) is 23.3. The number of rotatable bonds is 0. The molecule has 33 heavy (non-hydrogen) atoms. The quantitative estimate of drug-likeness (QED) is 0.193. The fourth-order valence-corrected chi connectivity index (χ4v) is 3.57. The van der Waals surface area contributed by atoms with E-state index in [1.54, 1.807) is 0 Å². The van der Waals surface area contributed by atoms with Crippen LogP contribution in [0.25, 0.3) is 43.6 Å². The van der Waals surface area contributed by atoms with Crippen LogP contribution in [0.3, 0.4) is 0 Å². The monoisotopic (exact) mass is 456 g/mol. The largest absolute Gasteiger partial charge is 0.759 e. The smallest absolute Gasteiger partial charge is 0.211 e. The Hall–Kier alpha value is -3.91. The third kappa shape index (κ3) is 6.08. The van der Waals surface area contributed by atoms with Crippen molar-refractivity contribution in [1.82, 2.24) is 0 Å². The van der Waals surface area contributed by atoms with Crippen LogP contribution in [0.15, 0.2) is 109 Å². The van der Waals surface area contributed by atoms with Crippen molar-refractivity contribution in [2.45, 2.75) is 0 Å². The topological polar surface area (TPSA) is 109 Å². The summed E-state index contributed by atoms with van der Waals surface area (Å²) in [5, 5.41) is 5.02. The first-order valence-corrected chi connectivity index (χ1v) is 11.5. The minimum Gasteiger partial charge on any atom is -0.759 e. The Morgan fingerprint density at radius 2 is 0.667 bits per heavy atom. The molecule has 0 aliphatic rings. The molecule has 2 N–H and O–H groups in total.